The van der Waals surface area contributed by atoms with Crippen molar-refractivity contribution >= 4 is 33.3 Å². The van der Waals surface area contributed by atoms with Crippen LogP contribution in [0.2, 0.25) is 0 Å². The van der Waals surface area contributed by atoms with Crippen molar-refractivity contribution in [1.82, 2.24) is 9.55 Å². The number of benzene rings is 1. The summed E-state index contributed by atoms with van der Waals surface area (Å²) < 4.78 is 1.88. The van der Waals surface area contributed by atoms with Crippen molar-refractivity contribution < 1.29 is 0 Å². The van der Waals surface area contributed by atoms with Gasteiger partial charge in [-0.05, 0) is 38.3 Å². The third-order valence-electron chi connectivity index (χ3n) is 4.48. The average molecular weight is 373 g/mol. The van der Waals surface area contributed by atoms with Crippen LogP contribution < -0.4 is 5.56 Å². The molecule has 0 N–H and O–H groups in total. The summed E-state index contributed by atoms with van der Waals surface area (Å²) in [5.41, 5.74) is 3.72. The Morgan fingerprint density at radius 1 is 1.16 bits per heavy atom. The van der Waals surface area contributed by atoms with Crippen molar-refractivity contribution in [2.24, 2.45) is 0 Å². The van der Waals surface area contributed by atoms with E-state index in [9.17, 15) is 4.79 Å². The molecule has 0 atom stereocenters. The molecule has 0 saturated carbocycles. The predicted octanol–water partition coefficient (Wildman–Crippen LogP) is 5.48. The topological polar surface area (TPSA) is 34.9 Å². The van der Waals surface area contributed by atoms with Crippen LogP contribution in [0.3, 0.4) is 0 Å². The molecule has 5 heteroatoms. The summed E-state index contributed by atoms with van der Waals surface area (Å²) in [6.07, 6.45) is 2.06. The van der Waals surface area contributed by atoms with E-state index in [1.165, 1.54) is 16.0 Å². The van der Waals surface area contributed by atoms with E-state index in [1.54, 1.807) is 23.1 Å². The van der Waals surface area contributed by atoms with E-state index in [1.807, 2.05) is 11.5 Å². The van der Waals surface area contributed by atoms with Gasteiger partial charge in [0.2, 0.25) is 0 Å². The Hall–Kier alpha value is -1.59. The van der Waals surface area contributed by atoms with E-state index in [4.69, 9.17) is 4.98 Å². The second kappa shape index (κ2) is 7.75. The number of thiophene rings is 1. The summed E-state index contributed by atoms with van der Waals surface area (Å²) in [5.74, 6) is 0.827. The van der Waals surface area contributed by atoms with Crippen LogP contribution in [0.15, 0.2) is 34.2 Å². The second-order valence-electron chi connectivity index (χ2n) is 6.44. The monoisotopic (exact) mass is 372 g/mol. The summed E-state index contributed by atoms with van der Waals surface area (Å²) in [5, 5.41) is 1.64. The van der Waals surface area contributed by atoms with Gasteiger partial charge in [0.05, 0.1) is 5.39 Å². The van der Waals surface area contributed by atoms with Gasteiger partial charge in [-0.2, -0.15) is 0 Å². The van der Waals surface area contributed by atoms with Gasteiger partial charge in [0.1, 0.15) is 4.83 Å². The lowest BCUT2D eigenvalue weighted by molar-refractivity contribution is 0.558. The normalized spacial score (nSPS) is 11.4. The van der Waals surface area contributed by atoms with Gasteiger partial charge in [-0.25, -0.2) is 4.98 Å². The lowest BCUT2D eigenvalue weighted by Gasteiger charge is -2.12. The maximum absolute atomic E-state index is 13.1. The first-order valence-electron chi connectivity index (χ1n) is 8.70. The molecule has 3 rings (SSSR count). The van der Waals surface area contributed by atoms with Crippen LogP contribution in [-0.2, 0) is 12.3 Å². The zero-order chi connectivity index (χ0) is 18.0. The molecule has 25 heavy (non-hydrogen) atoms. The molecule has 2 heterocycles. The summed E-state index contributed by atoms with van der Waals surface area (Å²) in [7, 11) is 0. The number of fused-ring (bicyclic) bond motifs is 1. The molecule has 0 spiro atoms. The minimum Gasteiger partial charge on any atom is -0.287 e. The van der Waals surface area contributed by atoms with Gasteiger partial charge in [-0.15, -0.1) is 11.3 Å². The van der Waals surface area contributed by atoms with Crippen LogP contribution in [-0.4, -0.2) is 9.55 Å². The van der Waals surface area contributed by atoms with Crippen LogP contribution in [0.5, 0.6) is 0 Å². The molecule has 0 aliphatic heterocycles. The van der Waals surface area contributed by atoms with Crippen LogP contribution in [0.4, 0.5) is 0 Å². The molecule has 3 aromatic rings. The molecule has 0 amide bonds. The Labute approximate surface area is 157 Å². The summed E-state index contributed by atoms with van der Waals surface area (Å²) in [6, 6.07) is 8.55. The van der Waals surface area contributed by atoms with E-state index < -0.39 is 0 Å². The second-order valence-corrected chi connectivity index (χ2v) is 8.59. The van der Waals surface area contributed by atoms with E-state index in [0.29, 0.717) is 0 Å². The van der Waals surface area contributed by atoms with Crippen molar-refractivity contribution in [3.8, 4) is 0 Å². The van der Waals surface area contributed by atoms with Crippen molar-refractivity contribution in [2.75, 3.05) is 0 Å². The molecule has 3 nitrogen and oxygen atoms in total. The third kappa shape index (κ3) is 3.82. The minimum atomic E-state index is 0.117. The number of hydrogen-bond donors (Lipinski definition) is 0. The first-order valence-corrected chi connectivity index (χ1v) is 10.5. The Balaban J connectivity index is 1.99. The number of unbranched alkanes of at least 4 members (excludes halogenated alkanes) is 1. The van der Waals surface area contributed by atoms with Gasteiger partial charge < -0.3 is 0 Å². The minimum absolute atomic E-state index is 0.117. The molecule has 0 unspecified atom stereocenters. The summed E-state index contributed by atoms with van der Waals surface area (Å²) in [6.45, 7) is 9.08. The Morgan fingerprint density at radius 2 is 1.88 bits per heavy atom. The van der Waals surface area contributed by atoms with Crippen LogP contribution in [0.25, 0.3) is 10.2 Å². The van der Waals surface area contributed by atoms with Crippen LogP contribution in [0.1, 0.15) is 41.3 Å². The van der Waals surface area contributed by atoms with Crippen molar-refractivity contribution in [2.45, 2.75) is 58.0 Å². The number of hydrogen-bond acceptors (Lipinski definition) is 4. The molecule has 1 aromatic carbocycles. The van der Waals surface area contributed by atoms with E-state index in [-0.39, 0.29) is 5.56 Å². The van der Waals surface area contributed by atoms with E-state index in [2.05, 4.69) is 45.0 Å². The molecule has 132 valence electrons. The quantitative estimate of drug-likeness (QED) is 0.425. The van der Waals surface area contributed by atoms with E-state index in [0.717, 1.165) is 46.1 Å². The summed E-state index contributed by atoms with van der Waals surface area (Å²) in [4.78, 5) is 20.0. The molecular formula is C20H24N2OS2. The fraction of sp³-hybridized carbons (Fsp3) is 0.400. The number of aromatic nitrogens is 2. The Kier molecular flexibility index (Phi) is 5.64. The molecule has 2 aromatic heterocycles. The molecule has 0 bridgehead atoms. The fourth-order valence-electron chi connectivity index (χ4n) is 2.76. The highest BCUT2D eigenvalue weighted by Gasteiger charge is 2.16. The highest BCUT2D eigenvalue weighted by molar-refractivity contribution is 7.98. The molecule has 0 aliphatic rings. The Bertz CT molecular complexity index is 939. The van der Waals surface area contributed by atoms with Gasteiger partial charge >= 0.3 is 0 Å². The fourth-order valence-corrected chi connectivity index (χ4v) is 4.82. The standard InChI is InChI=1S/C20H24N2OS2/c1-5-6-11-22-19(23)17-14(3)15(4)25-18(17)21-20(22)24-12-16-9-7-13(2)8-10-16/h7-10H,5-6,11-12H2,1-4H3. The van der Waals surface area contributed by atoms with Crippen LogP contribution >= 0.6 is 23.1 Å². The highest BCUT2D eigenvalue weighted by Crippen LogP contribution is 2.29. The van der Waals surface area contributed by atoms with Gasteiger partial charge in [0, 0.05) is 17.2 Å². The van der Waals surface area contributed by atoms with Gasteiger partial charge in [-0.3, -0.25) is 9.36 Å². The van der Waals surface area contributed by atoms with Crippen molar-refractivity contribution in [3.63, 3.8) is 0 Å². The summed E-state index contributed by atoms with van der Waals surface area (Å²) >= 11 is 3.28. The lowest BCUT2D eigenvalue weighted by Crippen LogP contribution is -2.23. The van der Waals surface area contributed by atoms with E-state index >= 15 is 0 Å². The van der Waals surface area contributed by atoms with Crippen molar-refractivity contribution in [1.29, 1.82) is 0 Å². The first kappa shape index (κ1) is 18.2. The zero-order valence-corrected chi connectivity index (χ0v) is 16.9. The smallest absolute Gasteiger partial charge is 0.263 e. The first-order chi connectivity index (χ1) is 12.0. The number of rotatable bonds is 6. The largest absolute Gasteiger partial charge is 0.287 e. The number of aryl methyl sites for hydroxylation is 3. The maximum atomic E-state index is 13.1. The van der Waals surface area contributed by atoms with Crippen LogP contribution in [0, 0.1) is 20.8 Å². The van der Waals surface area contributed by atoms with Gasteiger partial charge in [0.25, 0.3) is 5.56 Å². The number of thioether (sulfide) groups is 1. The van der Waals surface area contributed by atoms with Crippen molar-refractivity contribution in [3.05, 3.63) is 56.2 Å². The lowest BCUT2D eigenvalue weighted by atomic mass is 10.2. The molecule has 0 fully saturated rings. The zero-order valence-electron chi connectivity index (χ0n) is 15.3. The Morgan fingerprint density at radius 3 is 2.56 bits per heavy atom. The molecule has 0 aliphatic carbocycles. The molecule has 0 saturated heterocycles. The van der Waals surface area contributed by atoms with Gasteiger partial charge in [-0.1, -0.05) is 54.9 Å². The molecular weight excluding hydrogens is 348 g/mol. The SMILES string of the molecule is CCCCn1c(SCc2ccc(C)cc2)nc2sc(C)c(C)c2c1=O. The molecule has 0 radical (unpaired) electrons. The highest BCUT2D eigenvalue weighted by atomic mass is 32.2. The number of nitrogens with zero attached hydrogens (tertiary/aromatic N) is 2. The maximum Gasteiger partial charge on any atom is 0.263 e. The van der Waals surface area contributed by atoms with Gasteiger partial charge in [0.15, 0.2) is 5.16 Å². The third-order valence-corrected chi connectivity index (χ3v) is 6.63. The average Bonchev–Trinajstić information content (AvgIpc) is 2.88. The predicted molar refractivity (Wildman–Crippen MR) is 109 cm³/mol.